The predicted molar refractivity (Wildman–Crippen MR) is 112 cm³/mol. The zero-order valence-corrected chi connectivity index (χ0v) is 17.4. The quantitative estimate of drug-likeness (QED) is 0.800. The number of aromatic nitrogens is 1. The summed E-state index contributed by atoms with van der Waals surface area (Å²) in [4.78, 5) is 34.6. The molecule has 158 valence electrons. The second-order valence-corrected chi connectivity index (χ2v) is 8.87. The first kappa shape index (κ1) is 20.3. The number of nitrogens with zero attached hydrogens (tertiary/aromatic N) is 3. The molecule has 2 amide bonds. The molecule has 1 aromatic rings. The van der Waals surface area contributed by atoms with Crippen LogP contribution in [0.3, 0.4) is 0 Å². The minimum Gasteiger partial charge on any atom is -0.349 e. The average molecular weight is 399 g/mol. The fourth-order valence-electron chi connectivity index (χ4n) is 5.39. The van der Waals surface area contributed by atoms with Gasteiger partial charge in [-0.3, -0.25) is 19.5 Å². The maximum absolute atomic E-state index is 13.2. The number of carbonyl (C=O) groups excluding carboxylic acids is 2. The number of hydrogen-bond donors (Lipinski definition) is 1. The summed E-state index contributed by atoms with van der Waals surface area (Å²) < 4.78 is 0. The van der Waals surface area contributed by atoms with Crippen molar-refractivity contribution in [2.45, 2.75) is 64.0 Å². The Morgan fingerprint density at radius 2 is 1.69 bits per heavy atom. The first-order valence-electron chi connectivity index (χ1n) is 11.4. The molecule has 3 fully saturated rings. The van der Waals surface area contributed by atoms with Gasteiger partial charge >= 0.3 is 0 Å². The summed E-state index contributed by atoms with van der Waals surface area (Å²) in [7, 11) is 0. The topological polar surface area (TPSA) is 65.5 Å². The van der Waals surface area contributed by atoms with E-state index in [1.807, 2.05) is 23.1 Å². The van der Waals surface area contributed by atoms with Gasteiger partial charge in [0.25, 0.3) is 0 Å². The second kappa shape index (κ2) is 9.70. The van der Waals surface area contributed by atoms with E-state index in [0.717, 1.165) is 57.6 Å². The van der Waals surface area contributed by atoms with E-state index in [4.69, 9.17) is 0 Å². The van der Waals surface area contributed by atoms with Gasteiger partial charge in [0.05, 0.1) is 18.3 Å². The molecule has 2 saturated carbocycles. The van der Waals surface area contributed by atoms with Crippen molar-refractivity contribution in [2.75, 3.05) is 26.2 Å². The maximum atomic E-state index is 13.2. The number of nitrogens with one attached hydrogen (secondary N) is 1. The van der Waals surface area contributed by atoms with E-state index in [1.165, 1.54) is 25.7 Å². The van der Waals surface area contributed by atoms with E-state index < -0.39 is 0 Å². The Morgan fingerprint density at radius 1 is 1.00 bits per heavy atom. The van der Waals surface area contributed by atoms with Gasteiger partial charge in [-0.2, -0.15) is 0 Å². The molecule has 1 atom stereocenters. The third kappa shape index (κ3) is 4.97. The fraction of sp³-hybridized carbons (Fsp3) is 0.696. The van der Waals surface area contributed by atoms with E-state index in [9.17, 15) is 9.59 Å². The van der Waals surface area contributed by atoms with Crippen LogP contribution in [0.2, 0.25) is 0 Å². The zero-order chi connectivity index (χ0) is 20.1. The largest absolute Gasteiger partial charge is 0.349 e. The smallest absolute Gasteiger partial charge is 0.237 e. The standard InChI is InChI=1S/C23H34N4O2/c28-22(25-17-20-11-5-6-12-24-20)21(18-7-1-2-8-18)26-13-15-27(16-14-26)23(29)19-9-3-4-10-19/h5-6,11-12,18-19,21H,1-4,7-10,13-17H2,(H,25,28)/t21-/m0/s1. The predicted octanol–water partition coefficient (Wildman–Crippen LogP) is 2.59. The van der Waals surface area contributed by atoms with Crippen LogP contribution in [-0.4, -0.2) is 58.8 Å². The van der Waals surface area contributed by atoms with Crippen molar-refractivity contribution in [1.29, 1.82) is 0 Å². The Hall–Kier alpha value is -1.95. The van der Waals surface area contributed by atoms with Crippen LogP contribution in [0, 0.1) is 11.8 Å². The highest BCUT2D eigenvalue weighted by molar-refractivity contribution is 5.82. The molecule has 1 N–H and O–H groups in total. The molecule has 1 aliphatic heterocycles. The number of carbonyl (C=O) groups is 2. The lowest BCUT2D eigenvalue weighted by molar-refractivity contribution is -0.138. The fourth-order valence-corrected chi connectivity index (χ4v) is 5.39. The van der Waals surface area contributed by atoms with Crippen molar-refractivity contribution in [3.05, 3.63) is 30.1 Å². The monoisotopic (exact) mass is 398 g/mol. The Morgan fingerprint density at radius 3 is 2.34 bits per heavy atom. The van der Waals surface area contributed by atoms with Gasteiger partial charge in [-0.15, -0.1) is 0 Å². The van der Waals surface area contributed by atoms with Crippen molar-refractivity contribution < 1.29 is 9.59 Å². The third-order valence-electron chi connectivity index (χ3n) is 7.01. The molecule has 1 saturated heterocycles. The van der Waals surface area contributed by atoms with E-state index in [1.54, 1.807) is 6.20 Å². The van der Waals surface area contributed by atoms with Gasteiger partial charge in [0, 0.05) is 38.3 Å². The lowest BCUT2D eigenvalue weighted by atomic mass is 9.94. The molecule has 2 heterocycles. The van der Waals surface area contributed by atoms with Crippen LogP contribution in [0.4, 0.5) is 0 Å². The molecule has 0 spiro atoms. The summed E-state index contributed by atoms with van der Waals surface area (Å²) in [5.41, 5.74) is 0.887. The van der Waals surface area contributed by atoms with Crippen LogP contribution in [0.15, 0.2) is 24.4 Å². The molecule has 6 heteroatoms. The molecule has 0 aromatic carbocycles. The number of piperazine rings is 1. The molecule has 3 aliphatic rings. The minimum absolute atomic E-state index is 0.0788. The van der Waals surface area contributed by atoms with Gasteiger partial charge in [0.1, 0.15) is 0 Å². The van der Waals surface area contributed by atoms with Gasteiger partial charge in [0.2, 0.25) is 11.8 Å². The molecule has 0 radical (unpaired) electrons. The van der Waals surface area contributed by atoms with E-state index in [0.29, 0.717) is 18.4 Å². The first-order valence-corrected chi connectivity index (χ1v) is 11.4. The Balaban J connectivity index is 1.35. The van der Waals surface area contributed by atoms with Crippen LogP contribution in [0.1, 0.15) is 57.1 Å². The molecule has 2 aliphatic carbocycles. The highest BCUT2D eigenvalue weighted by Crippen LogP contribution is 2.32. The summed E-state index contributed by atoms with van der Waals surface area (Å²) >= 11 is 0. The van der Waals surface area contributed by atoms with Crippen LogP contribution in [0.5, 0.6) is 0 Å². The molecular weight excluding hydrogens is 364 g/mol. The van der Waals surface area contributed by atoms with E-state index in [-0.39, 0.29) is 17.9 Å². The van der Waals surface area contributed by atoms with Crippen molar-refractivity contribution in [3.8, 4) is 0 Å². The number of pyridine rings is 1. The minimum atomic E-state index is -0.0788. The molecule has 29 heavy (non-hydrogen) atoms. The summed E-state index contributed by atoms with van der Waals surface area (Å²) in [6, 6.07) is 5.70. The van der Waals surface area contributed by atoms with Crippen molar-refractivity contribution in [2.24, 2.45) is 11.8 Å². The van der Waals surface area contributed by atoms with E-state index >= 15 is 0 Å². The first-order chi connectivity index (χ1) is 14.2. The highest BCUT2D eigenvalue weighted by Gasteiger charge is 2.38. The van der Waals surface area contributed by atoms with Gasteiger partial charge in [-0.05, 0) is 43.7 Å². The molecule has 0 bridgehead atoms. The lowest BCUT2D eigenvalue weighted by Gasteiger charge is -2.41. The van der Waals surface area contributed by atoms with Crippen molar-refractivity contribution in [3.63, 3.8) is 0 Å². The van der Waals surface area contributed by atoms with Crippen LogP contribution in [-0.2, 0) is 16.1 Å². The molecule has 4 rings (SSSR count). The van der Waals surface area contributed by atoms with Crippen molar-refractivity contribution in [1.82, 2.24) is 20.1 Å². The molecule has 6 nitrogen and oxygen atoms in total. The van der Waals surface area contributed by atoms with E-state index in [2.05, 4.69) is 15.2 Å². The summed E-state index contributed by atoms with van der Waals surface area (Å²) in [5.74, 6) is 1.14. The number of amides is 2. The van der Waals surface area contributed by atoms with Crippen LogP contribution >= 0.6 is 0 Å². The van der Waals surface area contributed by atoms with Crippen LogP contribution < -0.4 is 5.32 Å². The zero-order valence-electron chi connectivity index (χ0n) is 17.4. The third-order valence-corrected chi connectivity index (χ3v) is 7.01. The van der Waals surface area contributed by atoms with Gasteiger partial charge < -0.3 is 10.2 Å². The normalized spacial score (nSPS) is 22.7. The molecular formula is C23H34N4O2. The summed E-state index contributed by atoms with van der Waals surface area (Å²) in [6.07, 6.45) is 10.9. The average Bonchev–Trinajstić information content (AvgIpc) is 3.48. The SMILES string of the molecule is O=C(NCc1ccccn1)[C@H](C1CCCC1)N1CCN(C(=O)C2CCCC2)CC1. The van der Waals surface area contributed by atoms with Crippen LogP contribution in [0.25, 0.3) is 0 Å². The summed E-state index contributed by atoms with van der Waals surface area (Å²) in [6.45, 7) is 3.59. The van der Waals surface area contributed by atoms with Gasteiger partial charge in [-0.25, -0.2) is 0 Å². The number of hydrogen-bond acceptors (Lipinski definition) is 4. The molecule has 1 aromatic heterocycles. The van der Waals surface area contributed by atoms with Gasteiger partial charge in [-0.1, -0.05) is 31.7 Å². The Kier molecular flexibility index (Phi) is 6.80. The highest BCUT2D eigenvalue weighted by atomic mass is 16.2. The maximum Gasteiger partial charge on any atom is 0.237 e. The van der Waals surface area contributed by atoms with Crippen molar-refractivity contribution >= 4 is 11.8 Å². The molecule has 0 unspecified atom stereocenters. The Bertz CT molecular complexity index is 675. The lowest BCUT2D eigenvalue weighted by Crippen LogP contribution is -2.58. The summed E-state index contributed by atoms with van der Waals surface area (Å²) in [5, 5.41) is 3.13. The number of rotatable bonds is 6. The second-order valence-electron chi connectivity index (χ2n) is 8.87. The van der Waals surface area contributed by atoms with Gasteiger partial charge in [0.15, 0.2) is 0 Å². The Labute approximate surface area is 174 Å².